The van der Waals surface area contributed by atoms with E-state index < -0.39 is 0 Å². The van der Waals surface area contributed by atoms with Crippen molar-refractivity contribution >= 4 is 40.6 Å². The van der Waals surface area contributed by atoms with E-state index in [4.69, 9.17) is 0 Å². The van der Waals surface area contributed by atoms with Gasteiger partial charge in [0.1, 0.15) is 0 Å². The van der Waals surface area contributed by atoms with Gasteiger partial charge in [0.25, 0.3) is 0 Å². The van der Waals surface area contributed by atoms with Crippen LogP contribution in [0.15, 0.2) is 4.99 Å². The van der Waals surface area contributed by atoms with E-state index in [0.29, 0.717) is 24.4 Å². The Morgan fingerprint density at radius 2 is 1.51 bits per heavy atom. The molecule has 1 atom stereocenters. The molecule has 0 spiro atoms. The van der Waals surface area contributed by atoms with E-state index in [1.54, 1.807) is 23.5 Å². The number of carbonyl (C=O) groups is 2. The number of piperidine rings is 1. The maximum absolute atomic E-state index is 13.5. The second-order valence-corrected chi connectivity index (χ2v) is 15.0. The summed E-state index contributed by atoms with van der Waals surface area (Å²) in [5.74, 6) is 1.56. The summed E-state index contributed by atoms with van der Waals surface area (Å²) >= 11 is 3.31. The summed E-state index contributed by atoms with van der Waals surface area (Å²) < 4.78 is 0.202. The maximum atomic E-state index is 13.5. The van der Waals surface area contributed by atoms with Crippen LogP contribution in [0, 0.1) is 5.92 Å². The highest BCUT2D eigenvalue weighted by molar-refractivity contribution is 8.25. The van der Waals surface area contributed by atoms with E-state index >= 15 is 0 Å². The van der Waals surface area contributed by atoms with E-state index in [9.17, 15) is 9.59 Å². The topological polar surface area (TPSA) is 71.5 Å². The summed E-state index contributed by atoms with van der Waals surface area (Å²) in [5, 5.41) is 3.92. The first-order valence-corrected chi connectivity index (χ1v) is 17.6. The molecule has 2 saturated heterocycles. The Morgan fingerprint density at radius 3 is 2.13 bits per heavy atom. The molecule has 8 nitrogen and oxygen atoms in total. The van der Waals surface area contributed by atoms with Crippen LogP contribution in [0.1, 0.15) is 77.0 Å². The molecule has 10 heteroatoms. The molecule has 0 aromatic heterocycles. The minimum absolute atomic E-state index is 0.0555. The third-order valence-corrected chi connectivity index (χ3v) is 12.0. The second-order valence-electron chi connectivity index (χ2n) is 12.4. The standard InChI is InChI=1S/C29H50N6O2S2/c1-32-14-12-23(13-15-32)21-33-16-18-34(19-17-33)26(36)22-38-27-20-30-28(39-27)31-29(37)35(24-8-4-2-5-9-24)25-10-6-3-7-11-25/h23-25,27H,2-22H2,1H3,(H,30,31,37). The Balaban J connectivity index is 1.01. The van der Waals surface area contributed by atoms with Gasteiger partial charge in [-0.05, 0) is 64.6 Å². The number of carbonyl (C=O) groups excluding carboxylic acids is 2. The van der Waals surface area contributed by atoms with Crippen LogP contribution in [0.5, 0.6) is 0 Å². The molecule has 3 amide bonds. The molecule has 2 saturated carbocycles. The molecule has 39 heavy (non-hydrogen) atoms. The van der Waals surface area contributed by atoms with Crippen LogP contribution in [0.25, 0.3) is 0 Å². The largest absolute Gasteiger partial charge is 0.339 e. The molecule has 3 heterocycles. The molecule has 0 radical (unpaired) electrons. The van der Waals surface area contributed by atoms with Crippen LogP contribution >= 0.6 is 23.5 Å². The molecule has 0 aromatic rings. The van der Waals surface area contributed by atoms with E-state index in [2.05, 4.69) is 32.1 Å². The highest BCUT2D eigenvalue weighted by atomic mass is 32.2. The molecule has 3 aliphatic heterocycles. The van der Waals surface area contributed by atoms with Gasteiger partial charge in [-0.25, -0.2) is 4.79 Å². The van der Waals surface area contributed by atoms with Gasteiger partial charge in [0.15, 0.2) is 5.17 Å². The van der Waals surface area contributed by atoms with Crippen molar-refractivity contribution in [3.8, 4) is 0 Å². The summed E-state index contributed by atoms with van der Waals surface area (Å²) in [4.78, 5) is 40.3. The number of nitrogens with one attached hydrogen (secondary N) is 1. The smallest absolute Gasteiger partial charge is 0.323 e. The predicted molar refractivity (Wildman–Crippen MR) is 163 cm³/mol. The fourth-order valence-electron chi connectivity index (χ4n) is 7.06. The molecule has 0 bridgehead atoms. The predicted octanol–water partition coefficient (Wildman–Crippen LogP) is 4.31. The normalized spacial score (nSPS) is 26.9. The van der Waals surface area contributed by atoms with Crippen molar-refractivity contribution in [3.63, 3.8) is 0 Å². The average molecular weight is 579 g/mol. The van der Waals surface area contributed by atoms with Gasteiger partial charge in [-0.2, -0.15) is 0 Å². The van der Waals surface area contributed by atoms with Crippen molar-refractivity contribution in [3.05, 3.63) is 0 Å². The lowest BCUT2D eigenvalue weighted by molar-refractivity contribution is -0.130. The summed E-state index contributed by atoms with van der Waals surface area (Å²) in [7, 11) is 2.22. The molecule has 5 aliphatic rings. The SMILES string of the molecule is CN1CCC(CN2CCN(C(=O)CSC3CN=C(NC(=O)N(C4CCCCC4)C4CCCCC4)S3)CC2)CC1. The lowest BCUT2D eigenvalue weighted by Gasteiger charge is -2.41. The number of rotatable bonds is 7. The van der Waals surface area contributed by atoms with Crippen LogP contribution in [0.2, 0.25) is 0 Å². The molecule has 220 valence electrons. The number of amidine groups is 1. The third-order valence-electron chi connectivity index (χ3n) is 9.48. The van der Waals surface area contributed by atoms with Crippen LogP contribution in [-0.4, -0.2) is 119 Å². The molecule has 5 rings (SSSR count). The Labute approximate surface area is 244 Å². The fraction of sp³-hybridized carbons (Fsp3) is 0.897. The zero-order valence-corrected chi connectivity index (χ0v) is 25.7. The quantitative estimate of drug-likeness (QED) is 0.486. The number of hydrogen-bond acceptors (Lipinski definition) is 7. The first kappa shape index (κ1) is 29.5. The van der Waals surface area contributed by atoms with E-state index in [-0.39, 0.29) is 16.5 Å². The van der Waals surface area contributed by atoms with E-state index in [0.717, 1.165) is 62.9 Å². The lowest BCUT2D eigenvalue weighted by Crippen LogP contribution is -2.53. The summed E-state index contributed by atoms with van der Waals surface area (Å²) in [6.07, 6.45) is 14.7. The Kier molecular flexibility index (Phi) is 11.2. The highest BCUT2D eigenvalue weighted by Crippen LogP contribution is 2.32. The molecule has 0 aromatic carbocycles. The molecular weight excluding hydrogens is 528 g/mol. The summed E-state index contributed by atoms with van der Waals surface area (Å²) in [5.41, 5.74) is 0. The number of hydrogen-bond donors (Lipinski definition) is 1. The van der Waals surface area contributed by atoms with Gasteiger partial charge in [-0.3, -0.25) is 20.0 Å². The molecular formula is C29H50N6O2S2. The van der Waals surface area contributed by atoms with Crippen LogP contribution in [-0.2, 0) is 4.79 Å². The first-order chi connectivity index (χ1) is 19.0. The first-order valence-electron chi connectivity index (χ1n) is 15.7. The molecule has 1 unspecified atom stereocenters. The van der Waals surface area contributed by atoms with Crippen LogP contribution in [0.3, 0.4) is 0 Å². The Morgan fingerprint density at radius 1 is 0.897 bits per heavy atom. The Bertz CT molecular complexity index is 814. The van der Waals surface area contributed by atoms with Crippen molar-refractivity contribution in [2.45, 2.75) is 93.7 Å². The number of likely N-dealkylation sites (tertiary alicyclic amines) is 1. The van der Waals surface area contributed by atoms with Crippen molar-refractivity contribution in [2.75, 3.05) is 65.2 Å². The molecule has 2 aliphatic carbocycles. The fourth-order valence-corrected chi connectivity index (χ4v) is 9.20. The minimum Gasteiger partial charge on any atom is -0.339 e. The number of amides is 3. The van der Waals surface area contributed by atoms with Gasteiger partial charge in [0.05, 0.1) is 16.9 Å². The van der Waals surface area contributed by atoms with E-state index in [1.807, 2.05) is 4.90 Å². The van der Waals surface area contributed by atoms with Gasteiger partial charge in [0, 0.05) is 44.8 Å². The monoisotopic (exact) mass is 578 g/mol. The number of thioether (sulfide) groups is 2. The van der Waals surface area contributed by atoms with Gasteiger partial charge < -0.3 is 14.7 Å². The third kappa shape index (κ3) is 8.52. The summed E-state index contributed by atoms with van der Waals surface area (Å²) in [6, 6.07) is 0.808. The Hall–Kier alpha value is -0.970. The zero-order chi connectivity index (χ0) is 27.0. The maximum Gasteiger partial charge on any atom is 0.323 e. The van der Waals surface area contributed by atoms with Crippen molar-refractivity contribution in [1.29, 1.82) is 0 Å². The second kappa shape index (κ2) is 14.8. The molecule has 1 N–H and O–H groups in total. The van der Waals surface area contributed by atoms with Gasteiger partial charge in [-0.15, -0.1) is 11.8 Å². The average Bonchev–Trinajstić information content (AvgIpc) is 3.42. The minimum atomic E-state index is 0.0555. The van der Waals surface area contributed by atoms with Gasteiger partial charge in [-0.1, -0.05) is 50.3 Å². The summed E-state index contributed by atoms with van der Waals surface area (Å²) in [6.45, 7) is 7.97. The highest BCUT2D eigenvalue weighted by Gasteiger charge is 2.34. The number of nitrogens with zero attached hydrogens (tertiary/aromatic N) is 5. The van der Waals surface area contributed by atoms with Crippen LogP contribution in [0.4, 0.5) is 4.79 Å². The number of piperazine rings is 1. The van der Waals surface area contributed by atoms with Crippen molar-refractivity contribution < 1.29 is 9.59 Å². The van der Waals surface area contributed by atoms with Crippen LogP contribution < -0.4 is 5.32 Å². The van der Waals surface area contributed by atoms with Gasteiger partial charge in [0.2, 0.25) is 5.91 Å². The van der Waals surface area contributed by atoms with Crippen molar-refractivity contribution in [1.82, 2.24) is 24.9 Å². The van der Waals surface area contributed by atoms with Gasteiger partial charge >= 0.3 is 6.03 Å². The lowest BCUT2D eigenvalue weighted by atomic mass is 9.89. The van der Waals surface area contributed by atoms with Crippen molar-refractivity contribution in [2.24, 2.45) is 10.9 Å². The zero-order valence-electron chi connectivity index (χ0n) is 24.0. The number of urea groups is 1. The van der Waals surface area contributed by atoms with E-state index in [1.165, 1.54) is 71.0 Å². The number of aliphatic imine (C=N–C) groups is 1. The molecule has 4 fully saturated rings.